The van der Waals surface area contributed by atoms with Gasteiger partial charge >= 0.3 is 0 Å². The van der Waals surface area contributed by atoms with Gasteiger partial charge in [-0.1, -0.05) is 0 Å². The number of hydrogen-bond acceptors (Lipinski definition) is 2. The number of rotatable bonds is 2. The van der Waals surface area contributed by atoms with Gasteiger partial charge in [-0.05, 0) is 25.8 Å². The first-order valence-corrected chi connectivity index (χ1v) is 6.28. The van der Waals surface area contributed by atoms with E-state index >= 15 is 0 Å². The Labute approximate surface area is 102 Å². The first-order chi connectivity index (χ1) is 7.04. The van der Waals surface area contributed by atoms with Gasteiger partial charge in [0.25, 0.3) is 5.92 Å². The summed E-state index contributed by atoms with van der Waals surface area (Å²) in [5, 5.41) is 0. The molecule has 0 N–H and O–H groups in total. The molecular weight excluding hydrogens is 315 g/mol. The minimum Gasteiger partial charge on any atom is -0.314 e. The van der Waals surface area contributed by atoms with Gasteiger partial charge in [-0.3, -0.25) is 4.90 Å². The van der Waals surface area contributed by atoms with E-state index in [-0.39, 0.29) is 12.0 Å². The van der Waals surface area contributed by atoms with Gasteiger partial charge in [0.2, 0.25) is 0 Å². The zero-order valence-corrected chi connectivity index (χ0v) is 10.6. The Morgan fingerprint density at radius 2 is 2.07 bits per heavy atom. The zero-order chi connectivity index (χ0) is 10.7. The first kappa shape index (κ1) is 10.7. The monoisotopic (exact) mass is 329 g/mol. The van der Waals surface area contributed by atoms with Crippen molar-refractivity contribution in [3.8, 4) is 0 Å². The van der Waals surface area contributed by atoms with Gasteiger partial charge < -0.3 is 3.07 Å². The molecule has 0 aromatic heterocycles. The fourth-order valence-electron chi connectivity index (χ4n) is 3.55. The molecule has 3 fully saturated rings. The van der Waals surface area contributed by atoms with Crippen molar-refractivity contribution in [1.29, 1.82) is 0 Å². The molecule has 5 heteroatoms. The Morgan fingerprint density at radius 1 is 1.33 bits per heavy atom. The maximum absolute atomic E-state index is 13.3. The molecular formula is C10H14F2INO. The number of hydrogen-bond donors (Lipinski definition) is 0. The van der Waals surface area contributed by atoms with Crippen LogP contribution in [0.3, 0.4) is 0 Å². The van der Waals surface area contributed by atoms with Gasteiger partial charge in [-0.15, -0.1) is 0 Å². The third-order valence-electron chi connectivity index (χ3n) is 4.44. The van der Waals surface area contributed by atoms with Crippen LogP contribution in [0.4, 0.5) is 8.78 Å². The molecule has 1 aliphatic carbocycles. The van der Waals surface area contributed by atoms with E-state index in [1.807, 2.05) is 23.0 Å². The van der Waals surface area contributed by atoms with Crippen LogP contribution in [-0.4, -0.2) is 36.1 Å². The number of fused-ring (bicyclic) bond motifs is 1. The summed E-state index contributed by atoms with van der Waals surface area (Å²) in [6.45, 7) is 2.16. The molecule has 1 saturated carbocycles. The molecule has 0 aromatic carbocycles. The van der Waals surface area contributed by atoms with Crippen LogP contribution in [0.5, 0.6) is 0 Å². The number of nitrogens with zero attached hydrogens (tertiary/aromatic N) is 1. The van der Waals surface area contributed by atoms with Crippen LogP contribution in [0.1, 0.15) is 25.7 Å². The summed E-state index contributed by atoms with van der Waals surface area (Å²) < 4.78 is 31.9. The highest BCUT2D eigenvalue weighted by Gasteiger charge is 2.77. The molecule has 0 bridgehead atoms. The van der Waals surface area contributed by atoms with Crippen molar-refractivity contribution in [2.45, 2.75) is 37.1 Å². The Morgan fingerprint density at radius 3 is 2.67 bits per heavy atom. The summed E-state index contributed by atoms with van der Waals surface area (Å²) in [6.07, 6.45) is 2.88. The average Bonchev–Trinajstić information content (AvgIpc) is 2.43. The molecule has 0 unspecified atom stereocenters. The van der Waals surface area contributed by atoms with Crippen LogP contribution < -0.4 is 0 Å². The van der Waals surface area contributed by atoms with E-state index in [2.05, 4.69) is 4.90 Å². The molecule has 15 heavy (non-hydrogen) atoms. The number of halogens is 3. The second-order valence-electron chi connectivity index (χ2n) is 5.34. The van der Waals surface area contributed by atoms with Crippen LogP contribution in [0.25, 0.3) is 0 Å². The summed E-state index contributed by atoms with van der Waals surface area (Å²) in [4.78, 5) is 2.24. The van der Waals surface area contributed by atoms with E-state index in [9.17, 15) is 8.78 Å². The first-order valence-electron chi connectivity index (χ1n) is 5.40. The molecule has 86 valence electrons. The fraction of sp³-hybridized carbons (Fsp3) is 1.00. The van der Waals surface area contributed by atoms with Crippen molar-refractivity contribution in [3.63, 3.8) is 0 Å². The van der Waals surface area contributed by atoms with Crippen molar-refractivity contribution in [2.24, 2.45) is 5.41 Å². The van der Waals surface area contributed by atoms with Crippen LogP contribution in [0, 0.1) is 5.41 Å². The van der Waals surface area contributed by atoms with E-state index in [1.165, 1.54) is 0 Å². The molecule has 3 aliphatic rings. The standard InChI is InChI=1S/C10H14F2INO/c11-10(12)5-8(10)4-9(7-15-13)2-1-3-14(9)6-8/h1-7H2/t8-,9+/m0/s1. The second kappa shape index (κ2) is 3.04. The molecule has 0 radical (unpaired) electrons. The zero-order valence-electron chi connectivity index (χ0n) is 8.44. The highest BCUT2D eigenvalue weighted by atomic mass is 127. The molecule has 0 amide bonds. The topological polar surface area (TPSA) is 12.5 Å². The van der Waals surface area contributed by atoms with Crippen molar-refractivity contribution < 1.29 is 11.8 Å². The molecule has 2 saturated heterocycles. The summed E-state index contributed by atoms with van der Waals surface area (Å²) in [6, 6.07) is 0. The summed E-state index contributed by atoms with van der Waals surface area (Å²) in [5.41, 5.74) is -0.760. The minimum absolute atomic E-state index is 0.0683. The summed E-state index contributed by atoms with van der Waals surface area (Å²) in [7, 11) is 0. The minimum atomic E-state index is -2.41. The van der Waals surface area contributed by atoms with E-state index in [0.717, 1.165) is 19.4 Å². The summed E-state index contributed by atoms with van der Waals surface area (Å²) in [5.74, 6) is -2.41. The molecule has 2 nitrogen and oxygen atoms in total. The third-order valence-corrected chi connectivity index (χ3v) is 4.75. The predicted octanol–water partition coefficient (Wildman–Crippen LogP) is 2.62. The average molecular weight is 329 g/mol. The van der Waals surface area contributed by atoms with Crippen molar-refractivity contribution >= 4 is 23.0 Å². The summed E-state index contributed by atoms with van der Waals surface area (Å²) >= 11 is 1.88. The lowest BCUT2D eigenvalue weighted by molar-refractivity contribution is 0.0653. The molecule has 0 aromatic rings. The quantitative estimate of drug-likeness (QED) is 0.722. The fourth-order valence-corrected chi connectivity index (χ4v) is 4.13. The third kappa shape index (κ3) is 1.32. The van der Waals surface area contributed by atoms with Gasteiger partial charge in [0.15, 0.2) is 0 Å². The normalized spacial score (nSPS) is 47.4. The Bertz CT molecular complexity index is 301. The van der Waals surface area contributed by atoms with Gasteiger partial charge in [0.1, 0.15) is 23.0 Å². The van der Waals surface area contributed by atoms with E-state index < -0.39 is 11.3 Å². The van der Waals surface area contributed by atoms with E-state index in [4.69, 9.17) is 3.07 Å². The molecule has 2 atom stereocenters. The van der Waals surface area contributed by atoms with Crippen LogP contribution >= 0.6 is 23.0 Å². The van der Waals surface area contributed by atoms with Crippen LogP contribution in [0.15, 0.2) is 0 Å². The Kier molecular flexibility index (Phi) is 2.16. The molecule has 2 heterocycles. The predicted molar refractivity (Wildman–Crippen MR) is 60.1 cm³/mol. The maximum Gasteiger partial charge on any atom is 0.255 e. The van der Waals surface area contributed by atoms with Gasteiger partial charge in [-0.25, -0.2) is 8.78 Å². The number of alkyl halides is 2. The highest BCUT2D eigenvalue weighted by Crippen LogP contribution is 2.69. The van der Waals surface area contributed by atoms with Gasteiger partial charge in [0, 0.05) is 18.5 Å². The van der Waals surface area contributed by atoms with Gasteiger partial charge in [0.05, 0.1) is 12.0 Å². The second-order valence-corrected chi connectivity index (χ2v) is 5.96. The Balaban J connectivity index is 1.83. The largest absolute Gasteiger partial charge is 0.314 e. The molecule has 1 spiro atoms. The smallest absolute Gasteiger partial charge is 0.255 e. The Hall–Kier alpha value is 0.510. The maximum atomic E-state index is 13.3. The SMILES string of the molecule is FC1(F)C[C@@]12CN1CCC[C@]1(COI)C2. The highest BCUT2D eigenvalue weighted by molar-refractivity contribution is 14.1. The van der Waals surface area contributed by atoms with Crippen molar-refractivity contribution in [2.75, 3.05) is 19.7 Å². The lowest BCUT2D eigenvalue weighted by atomic mass is 9.89. The van der Waals surface area contributed by atoms with Crippen molar-refractivity contribution in [3.05, 3.63) is 0 Å². The lowest BCUT2D eigenvalue weighted by Gasteiger charge is -2.30. The van der Waals surface area contributed by atoms with E-state index in [0.29, 0.717) is 19.6 Å². The van der Waals surface area contributed by atoms with Crippen LogP contribution in [0.2, 0.25) is 0 Å². The van der Waals surface area contributed by atoms with Gasteiger partial charge in [-0.2, -0.15) is 0 Å². The van der Waals surface area contributed by atoms with Crippen molar-refractivity contribution in [1.82, 2.24) is 4.90 Å². The lowest BCUT2D eigenvalue weighted by Crippen LogP contribution is -2.41. The van der Waals surface area contributed by atoms with Crippen LogP contribution in [-0.2, 0) is 3.07 Å². The molecule has 2 aliphatic heterocycles. The van der Waals surface area contributed by atoms with E-state index in [1.54, 1.807) is 0 Å². The molecule has 3 rings (SSSR count).